The third-order valence-electron chi connectivity index (χ3n) is 1.85. The molecule has 0 fully saturated rings. The highest BCUT2D eigenvalue weighted by atomic mass is 32.2. The maximum Gasteiger partial charge on any atom is 0.416 e. The van der Waals surface area contributed by atoms with Crippen molar-refractivity contribution in [2.45, 2.75) is 19.3 Å². The number of carbonyl (C=O) groups is 1. The Bertz CT molecular complexity index is 315. The molecule has 0 N–H and O–H groups in total. The van der Waals surface area contributed by atoms with E-state index in [0.717, 1.165) is 5.70 Å². The van der Waals surface area contributed by atoms with Crippen LogP contribution in [0.15, 0.2) is 16.1 Å². The Morgan fingerprint density at radius 2 is 2.44 bits per heavy atom. The molecule has 16 heavy (non-hydrogen) atoms. The number of nitrogens with zero attached hydrogens (tertiary/aromatic N) is 3. The summed E-state index contributed by atoms with van der Waals surface area (Å²) < 4.78 is 4.98. The lowest BCUT2D eigenvalue weighted by Gasteiger charge is -2.22. The van der Waals surface area contributed by atoms with E-state index < -0.39 is 0 Å². The fourth-order valence-corrected chi connectivity index (χ4v) is 2.10. The Balaban J connectivity index is 2.69. The number of allylic oxidation sites excluding steroid dienone is 1. The van der Waals surface area contributed by atoms with Gasteiger partial charge >= 0.3 is 6.09 Å². The highest BCUT2D eigenvalue weighted by Gasteiger charge is 2.30. The fourth-order valence-electron chi connectivity index (χ4n) is 1.17. The molecule has 6 heteroatoms. The van der Waals surface area contributed by atoms with Gasteiger partial charge in [-0.05, 0) is 19.3 Å². The molecule has 0 aromatic rings. The lowest BCUT2D eigenvalue weighted by Crippen LogP contribution is -2.34. The summed E-state index contributed by atoms with van der Waals surface area (Å²) in [7, 11) is 3.77. The van der Waals surface area contributed by atoms with E-state index in [1.54, 1.807) is 18.2 Å². The van der Waals surface area contributed by atoms with Gasteiger partial charge in [0.25, 0.3) is 0 Å². The van der Waals surface area contributed by atoms with Crippen molar-refractivity contribution in [1.29, 1.82) is 0 Å². The highest BCUT2D eigenvalue weighted by molar-refractivity contribution is 8.02. The second-order valence-corrected chi connectivity index (χ2v) is 4.45. The van der Waals surface area contributed by atoms with Gasteiger partial charge in [0.1, 0.15) is 0 Å². The van der Waals surface area contributed by atoms with Gasteiger partial charge in [-0.25, -0.2) is 14.7 Å². The number of rotatable bonds is 3. The average molecular weight is 243 g/mol. The van der Waals surface area contributed by atoms with Gasteiger partial charge < -0.3 is 9.64 Å². The largest absolute Gasteiger partial charge is 0.449 e. The summed E-state index contributed by atoms with van der Waals surface area (Å²) in [6.07, 6.45) is 1.35. The molecule has 0 aromatic heterocycles. The highest BCUT2D eigenvalue weighted by Crippen LogP contribution is 2.31. The van der Waals surface area contributed by atoms with E-state index in [4.69, 9.17) is 4.74 Å². The molecular weight excluding hydrogens is 226 g/mol. The minimum absolute atomic E-state index is 0.249. The molecule has 1 aliphatic rings. The summed E-state index contributed by atoms with van der Waals surface area (Å²) in [6, 6.07) is 0. The number of hydrogen-bond acceptors (Lipinski definition) is 4. The van der Waals surface area contributed by atoms with Crippen molar-refractivity contribution in [1.82, 2.24) is 9.80 Å². The molecule has 90 valence electrons. The Labute approximate surface area is 100 Å². The second-order valence-electron chi connectivity index (χ2n) is 3.52. The number of carbonyl (C=O) groups excluding carboxylic acids is 1. The van der Waals surface area contributed by atoms with Crippen LogP contribution >= 0.6 is 11.8 Å². The number of ether oxygens (including phenoxy) is 1. The SMILES string of the molecule is CCOC(=O)N1C(C)=CSC1N=CN(C)C. The van der Waals surface area contributed by atoms with Crippen LogP contribution in [0.25, 0.3) is 0 Å². The molecule has 0 saturated heterocycles. The molecule has 1 unspecified atom stereocenters. The number of hydrogen-bond donors (Lipinski definition) is 0. The van der Waals surface area contributed by atoms with E-state index in [-0.39, 0.29) is 11.6 Å². The van der Waals surface area contributed by atoms with Crippen molar-refractivity contribution < 1.29 is 9.53 Å². The van der Waals surface area contributed by atoms with Crippen molar-refractivity contribution in [3.63, 3.8) is 0 Å². The van der Waals surface area contributed by atoms with Crippen molar-refractivity contribution in [3.05, 3.63) is 11.1 Å². The van der Waals surface area contributed by atoms with Crippen molar-refractivity contribution >= 4 is 24.2 Å². The standard InChI is InChI=1S/C10H17N3O2S/c1-5-15-10(14)13-8(2)6-16-9(13)11-7-12(3)4/h6-7,9H,5H2,1-4H3. The number of aliphatic imine (C=N–C) groups is 1. The Morgan fingerprint density at radius 1 is 1.75 bits per heavy atom. The zero-order valence-corrected chi connectivity index (χ0v) is 10.8. The van der Waals surface area contributed by atoms with E-state index in [9.17, 15) is 4.79 Å². The summed E-state index contributed by atoms with van der Waals surface area (Å²) in [5, 5.41) is 1.91. The fraction of sp³-hybridized carbons (Fsp3) is 0.600. The topological polar surface area (TPSA) is 45.1 Å². The normalized spacial score (nSPS) is 20.1. The van der Waals surface area contributed by atoms with Crippen molar-refractivity contribution in [3.8, 4) is 0 Å². The molecule has 5 nitrogen and oxygen atoms in total. The van der Waals surface area contributed by atoms with E-state index in [2.05, 4.69) is 4.99 Å². The Morgan fingerprint density at radius 3 is 3.00 bits per heavy atom. The lowest BCUT2D eigenvalue weighted by atomic mass is 10.5. The predicted octanol–water partition coefficient (Wildman–Crippen LogP) is 1.93. The van der Waals surface area contributed by atoms with Gasteiger partial charge in [-0.3, -0.25) is 0 Å². The van der Waals surface area contributed by atoms with Gasteiger partial charge in [-0.15, -0.1) is 0 Å². The first-order valence-corrected chi connectivity index (χ1v) is 5.98. The van der Waals surface area contributed by atoms with Gasteiger partial charge in [0.2, 0.25) is 0 Å². The summed E-state index contributed by atoms with van der Waals surface area (Å²) in [4.78, 5) is 19.3. The molecule has 1 atom stereocenters. The first kappa shape index (κ1) is 12.9. The van der Waals surface area contributed by atoms with Crippen LogP contribution in [0.5, 0.6) is 0 Å². The van der Waals surface area contributed by atoms with Gasteiger partial charge in [0, 0.05) is 19.8 Å². The summed E-state index contributed by atoms with van der Waals surface area (Å²) in [6.45, 7) is 4.03. The van der Waals surface area contributed by atoms with Crippen LogP contribution in [-0.4, -0.2) is 48.4 Å². The van der Waals surface area contributed by atoms with E-state index in [1.807, 2.05) is 31.3 Å². The molecule has 1 heterocycles. The molecule has 0 radical (unpaired) electrons. The Kier molecular flexibility index (Phi) is 4.67. The first-order chi connectivity index (χ1) is 7.56. The molecule has 1 aliphatic heterocycles. The van der Waals surface area contributed by atoms with Crippen LogP contribution in [0.3, 0.4) is 0 Å². The predicted molar refractivity (Wildman–Crippen MR) is 66.2 cm³/mol. The maximum absolute atomic E-state index is 11.7. The first-order valence-electron chi connectivity index (χ1n) is 5.04. The third-order valence-corrected chi connectivity index (χ3v) is 2.90. The molecule has 0 aliphatic carbocycles. The second kappa shape index (κ2) is 5.79. The molecule has 0 bridgehead atoms. The summed E-state index contributed by atoms with van der Waals surface area (Å²) in [5.41, 5.74) is 0.616. The smallest absolute Gasteiger partial charge is 0.416 e. The molecule has 0 aromatic carbocycles. The van der Waals surface area contributed by atoms with Gasteiger partial charge in [-0.1, -0.05) is 11.8 Å². The van der Waals surface area contributed by atoms with Crippen LogP contribution < -0.4 is 0 Å². The molecular formula is C10H17N3O2S. The summed E-state index contributed by atoms with van der Waals surface area (Å²) >= 11 is 1.49. The van der Waals surface area contributed by atoms with Crippen LogP contribution in [0.2, 0.25) is 0 Å². The van der Waals surface area contributed by atoms with E-state index in [1.165, 1.54) is 11.8 Å². The molecule has 1 amide bonds. The summed E-state index contributed by atoms with van der Waals surface area (Å²) in [5.74, 6) is 0. The lowest BCUT2D eigenvalue weighted by molar-refractivity contribution is 0.117. The number of amides is 1. The quantitative estimate of drug-likeness (QED) is 0.561. The van der Waals surface area contributed by atoms with Gasteiger partial charge in [0.15, 0.2) is 5.50 Å². The minimum atomic E-state index is -0.345. The zero-order chi connectivity index (χ0) is 12.1. The molecule has 0 saturated carbocycles. The molecule has 1 rings (SSSR count). The maximum atomic E-state index is 11.7. The van der Waals surface area contributed by atoms with E-state index >= 15 is 0 Å². The van der Waals surface area contributed by atoms with Crippen molar-refractivity contribution in [2.75, 3.05) is 20.7 Å². The zero-order valence-electron chi connectivity index (χ0n) is 10.0. The molecule has 0 spiro atoms. The minimum Gasteiger partial charge on any atom is -0.449 e. The average Bonchev–Trinajstić information content (AvgIpc) is 2.57. The third kappa shape index (κ3) is 3.16. The van der Waals surface area contributed by atoms with Crippen LogP contribution in [0.1, 0.15) is 13.8 Å². The van der Waals surface area contributed by atoms with E-state index in [0.29, 0.717) is 6.61 Å². The monoisotopic (exact) mass is 243 g/mol. The van der Waals surface area contributed by atoms with Gasteiger partial charge in [0.05, 0.1) is 12.9 Å². The van der Waals surface area contributed by atoms with Crippen LogP contribution in [0.4, 0.5) is 4.79 Å². The van der Waals surface area contributed by atoms with Crippen molar-refractivity contribution in [2.24, 2.45) is 4.99 Å². The Hall–Kier alpha value is -1.17. The van der Waals surface area contributed by atoms with Crippen LogP contribution in [-0.2, 0) is 4.74 Å². The van der Waals surface area contributed by atoms with Crippen LogP contribution in [0, 0.1) is 0 Å². The number of thioether (sulfide) groups is 1. The van der Waals surface area contributed by atoms with Gasteiger partial charge in [-0.2, -0.15) is 0 Å².